The summed E-state index contributed by atoms with van der Waals surface area (Å²) in [5.74, 6) is 0. The highest BCUT2D eigenvalue weighted by molar-refractivity contribution is 5.96. The van der Waals surface area contributed by atoms with E-state index in [1.165, 1.54) is 12.1 Å². The molecule has 4 rings (SSSR count). The molecule has 0 amide bonds. The fourth-order valence-electron chi connectivity index (χ4n) is 2.95. The molecule has 0 bridgehead atoms. The molecule has 0 atom stereocenters. The quantitative estimate of drug-likeness (QED) is 0.662. The van der Waals surface area contributed by atoms with Crippen LogP contribution in [-0.2, 0) is 19.8 Å². The van der Waals surface area contributed by atoms with Gasteiger partial charge in [-0.2, -0.15) is 18.3 Å². The third kappa shape index (κ3) is 2.21. The molecule has 0 N–H and O–H groups in total. The van der Waals surface area contributed by atoms with E-state index in [1.807, 2.05) is 25.2 Å². The third-order valence-corrected chi connectivity index (χ3v) is 4.14. The fourth-order valence-corrected chi connectivity index (χ4v) is 2.95. The summed E-state index contributed by atoms with van der Waals surface area (Å²) in [7, 11) is 1.81. The van der Waals surface area contributed by atoms with E-state index < -0.39 is 11.7 Å². The standard InChI is InChI=1S/C17H12F3N3/c1-23-16-5-10(2-3-11(16)8-22-23)14-6-13(17(18,19)20)4-12-7-21-9-15(12)14/h2-6,8-9H,7H2,1H3. The van der Waals surface area contributed by atoms with Crippen LogP contribution in [0.3, 0.4) is 0 Å². The molecule has 2 heterocycles. The zero-order valence-corrected chi connectivity index (χ0v) is 12.2. The highest BCUT2D eigenvalue weighted by Crippen LogP contribution is 2.37. The van der Waals surface area contributed by atoms with Crippen LogP contribution < -0.4 is 0 Å². The first kappa shape index (κ1) is 14.0. The maximum atomic E-state index is 13.2. The molecule has 3 aromatic rings. The minimum Gasteiger partial charge on any atom is -0.288 e. The van der Waals surface area contributed by atoms with Crippen molar-refractivity contribution in [3.8, 4) is 11.1 Å². The van der Waals surface area contributed by atoms with Gasteiger partial charge in [-0.1, -0.05) is 12.1 Å². The van der Waals surface area contributed by atoms with E-state index in [-0.39, 0.29) is 0 Å². The van der Waals surface area contributed by atoms with E-state index >= 15 is 0 Å². The Morgan fingerprint density at radius 2 is 1.96 bits per heavy atom. The number of rotatable bonds is 1. The van der Waals surface area contributed by atoms with E-state index in [0.717, 1.165) is 22.0 Å². The summed E-state index contributed by atoms with van der Waals surface area (Å²) in [5, 5.41) is 5.12. The van der Waals surface area contributed by atoms with Crippen molar-refractivity contribution >= 4 is 17.1 Å². The van der Waals surface area contributed by atoms with Gasteiger partial charge < -0.3 is 0 Å². The predicted octanol–water partition coefficient (Wildman–Crippen LogP) is 4.19. The van der Waals surface area contributed by atoms with Crippen LogP contribution in [0.25, 0.3) is 22.0 Å². The number of halogens is 3. The van der Waals surface area contributed by atoms with Crippen LogP contribution >= 0.6 is 0 Å². The number of benzene rings is 2. The lowest BCUT2D eigenvalue weighted by Crippen LogP contribution is -2.07. The third-order valence-electron chi connectivity index (χ3n) is 4.14. The molecule has 0 saturated heterocycles. The zero-order chi connectivity index (χ0) is 16.2. The van der Waals surface area contributed by atoms with E-state index in [1.54, 1.807) is 17.1 Å². The Morgan fingerprint density at radius 3 is 2.74 bits per heavy atom. The Labute approximate surface area is 130 Å². The Kier molecular flexibility index (Phi) is 2.85. The second kappa shape index (κ2) is 4.68. The Hall–Kier alpha value is -2.63. The number of hydrogen-bond donors (Lipinski definition) is 0. The number of nitrogens with zero attached hydrogens (tertiary/aromatic N) is 3. The van der Waals surface area contributed by atoms with Crippen LogP contribution in [-0.4, -0.2) is 16.0 Å². The van der Waals surface area contributed by atoms with Gasteiger partial charge in [0.05, 0.1) is 23.8 Å². The molecule has 0 spiro atoms. The van der Waals surface area contributed by atoms with Gasteiger partial charge in [-0.05, 0) is 34.9 Å². The van der Waals surface area contributed by atoms with E-state index in [9.17, 15) is 13.2 Å². The van der Waals surface area contributed by atoms with Crippen LogP contribution in [0.5, 0.6) is 0 Å². The number of aliphatic imine (C=N–C) groups is 1. The van der Waals surface area contributed by atoms with Crippen LogP contribution in [0.4, 0.5) is 13.2 Å². The lowest BCUT2D eigenvalue weighted by molar-refractivity contribution is -0.137. The highest BCUT2D eigenvalue weighted by Gasteiger charge is 2.32. The van der Waals surface area contributed by atoms with Crippen LogP contribution in [0, 0.1) is 0 Å². The molecule has 1 aromatic heterocycles. The molecule has 0 unspecified atom stereocenters. The van der Waals surface area contributed by atoms with Gasteiger partial charge in [0.1, 0.15) is 0 Å². The van der Waals surface area contributed by atoms with Crippen LogP contribution in [0.1, 0.15) is 16.7 Å². The monoisotopic (exact) mass is 315 g/mol. The first-order valence-corrected chi connectivity index (χ1v) is 7.09. The van der Waals surface area contributed by atoms with Crippen molar-refractivity contribution in [1.82, 2.24) is 9.78 Å². The highest BCUT2D eigenvalue weighted by atomic mass is 19.4. The second-order valence-electron chi connectivity index (χ2n) is 5.61. The first-order chi connectivity index (χ1) is 10.9. The van der Waals surface area contributed by atoms with Crippen molar-refractivity contribution in [3.63, 3.8) is 0 Å². The normalized spacial score (nSPS) is 13.7. The van der Waals surface area contributed by atoms with Gasteiger partial charge >= 0.3 is 6.18 Å². The molecule has 0 fully saturated rings. The Balaban J connectivity index is 1.97. The number of aromatic nitrogens is 2. The molecule has 0 aliphatic carbocycles. The molecule has 6 heteroatoms. The number of alkyl halides is 3. The van der Waals surface area contributed by atoms with Gasteiger partial charge in [-0.25, -0.2) is 0 Å². The second-order valence-corrected chi connectivity index (χ2v) is 5.61. The maximum Gasteiger partial charge on any atom is 0.416 e. The van der Waals surface area contributed by atoms with Gasteiger partial charge in [-0.15, -0.1) is 0 Å². The molecule has 23 heavy (non-hydrogen) atoms. The van der Waals surface area contributed by atoms with Gasteiger partial charge in [0, 0.05) is 24.2 Å². The van der Waals surface area contributed by atoms with Crippen molar-refractivity contribution < 1.29 is 13.2 Å². The summed E-state index contributed by atoms with van der Waals surface area (Å²) in [6.45, 7) is 0.292. The van der Waals surface area contributed by atoms with E-state index in [0.29, 0.717) is 17.7 Å². The van der Waals surface area contributed by atoms with Crippen molar-refractivity contribution in [2.45, 2.75) is 12.7 Å². The Morgan fingerprint density at radius 1 is 1.13 bits per heavy atom. The summed E-state index contributed by atoms with van der Waals surface area (Å²) >= 11 is 0. The minimum atomic E-state index is -4.37. The molecule has 1 aliphatic rings. The van der Waals surface area contributed by atoms with Gasteiger partial charge in [-0.3, -0.25) is 9.67 Å². The molecule has 116 valence electrons. The summed E-state index contributed by atoms with van der Waals surface area (Å²) < 4.78 is 41.2. The first-order valence-electron chi connectivity index (χ1n) is 7.09. The molecule has 2 aromatic carbocycles. The van der Waals surface area contributed by atoms with Crippen LogP contribution in [0.15, 0.2) is 41.5 Å². The average molecular weight is 315 g/mol. The van der Waals surface area contributed by atoms with Crippen molar-refractivity contribution in [3.05, 3.63) is 53.2 Å². The minimum absolute atomic E-state index is 0.292. The van der Waals surface area contributed by atoms with Gasteiger partial charge in [0.2, 0.25) is 0 Å². The molecule has 0 radical (unpaired) electrons. The summed E-state index contributed by atoms with van der Waals surface area (Å²) in [5.41, 5.74) is 2.90. The average Bonchev–Trinajstić information content (AvgIpc) is 3.12. The molecule has 1 aliphatic heterocycles. The molecular formula is C17H12F3N3. The van der Waals surface area contributed by atoms with Crippen molar-refractivity contribution in [2.75, 3.05) is 0 Å². The van der Waals surface area contributed by atoms with E-state index in [4.69, 9.17) is 0 Å². The molecule has 0 saturated carbocycles. The zero-order valence-electron chi connectivity index (χ0n) is 12.2. The van der Waals surface area contributed by atoms with Crippen molar-refractivity contribution in [2.24, 2.45) is 12.0 Å². The van der Waals surface area contributed by atoms with Crippen LogP contribution in [0.2, 0.25) is 0 Å². The lowest BCUT2D eigenvalue weighted by Gasteiger charge is -2.13. The van der Waals surface area contributed by atoms with Gasteiger partial charge in [0.25, 0.3) is 0 Å². The van der Waals surface area contributed by atoms with Gasteiger partial charge in [0.15, 0.2) is 0 Å². The maximum absolute atomic E-state index is 13.2. The number of hydrogen-bond acceptors (Lipinski definition) is 2. The summed E-state index contributed by atoms with van der Waals surface area (Å²) in [6.07, 6.45) is -0.988. The fraction of sp³-hybridized carbons (Fsp3) is 0.176. The van der Waals surface area contributed by atoms with Crippen molar-refractivity contribution in [1.29, 1.82) is 0 Å². The largest absolute Gasteiger partial charge is 0.416 e. The SMILES string of the molecule is Cn1ncc2ccc(-c3cc(C(F)(F)F)cc4c3C=NC4)cc21. The topological polar surface area (TPSA) is 30.2 Å². The Bertz CT molecular complexity index is 952. The lowest BCUT2D eigenvalue weighted by atomic mass is 9.93. The summed E-state index contributed by atoms with van der Waals surface area (Å²) in [4.78, 5) is 4.12. The predicted molar refractivity (Wildman–Crippen MR) is 82.5 cm³/mol. The number of aryl methyl sites for hydroxylation is 1. The molecular weight excluding hydrogens is 303 g/mol. The smallest absolute Gasteiger partial charge is 0.288 e. The number of fused-ring (bicyclic) bond motifs is 2. The molecule has 3 nitrogen and oxygen atoms in total. The van der Waals surface area contributed by atoms with E-state index in [2.05, 4.69) is 10.1 Å². The summed E-state index contributed by atoms with van der Waals surface area (Å²) in [6, 6.07) is 7.95.